The predicted molar refractivity (Wildman–Crippen MR) is 82.8 cm³/mol. The normalized spacial score (nSPS) is 19.4. The molecule has 2 heterocycles. The Morgan fingerprint density at radius 2 is 1.86 bits per heavy atom. The molecule has 1 aliphatic rings. The summed E-state index contributed by atoms with van der Waals surface area (Å²) in [6.07, 6.45) is 4.27. The number of halogens is 2. The molecule has 0 bridgehead atoms. The van der Waals surface area contributed by atoms with Gasteiger partial charge in [-0.3, -0.25) is 0 Å². The molecular formula is C15H15Cl2N3O. The van der Waals surface area contributed by atoms with Gasteiger partial charge in [-0.15, -0.1) is 0 Å². The minimum absolute atomic E-state index is 0.212. The van der Waals surface area contributed by atoms with Crippen LogP contribution in [0.3, 0.4) is 0 Å². The van der Waals surface area contributed by atoms with Gasteiger partial charge in [0, 0.05) is 34.9 Å². The molecule has 1 aromatic carbocycles. The van der Waals surface area contributed by atoms with Crippen LogP contribution in [0.15, 0.2) is 36.7 Å². The molecule has 21 heavy (non-hydrogen) atoms. The molecule has 4 nitrogen and oxygen atoms in total. The van der Waals surface area contributed by atoms with E-state index in [1.165, 1.54) is 0 Å². The Kier molecular flexibility index (Phi) is 4.58. The van der Waals surface area contributed by atoms with Crippen LogP contribution in [0.5, 0.6) is 5.75 Å². The van der Waals surface area contributed by atoms with Crippen LogP contribution in [-0.2, 0) is 0 Å². The van der Waals surface area contributed by atoms with Crippen molar-refractivity contribution >= 4 is 23.2 Å². The molecule has 2 atom stereocenters. The molecule has 1 N–H and O–H groups in total. The van der Waals surface area contributed by atoms with Gasteiger partial charge in [-0.05, 0) is 37.2 Å². The number of nitrogens with one attached hydrogen (secondary N) is 1. The summed E-state index contributed by atoms with van der Waals surface area (Å²) < 4.78 is 6.11. The number of nitrogens with zero attached hydrogens (tertiary/aromatic N) is 2. The van der Waals surface area contributed by atoms with E-state index in [1.807, 2.05) is 0 Å². The maximum atomic E-state index is 6.11. The van der Waals surface area contributed by atoms with Gasteiger partial charge in [0.2, 0.25) is 0 Å². The standard InChI is InChI=1S/C15H15Cl2N3O/c16-11-6-12(17)8-13(7-11)21-14(10-2-5-18-9-10)15-19-3-1-4-20-15/h1,3-4,6-8,10,14,18H,2,5,9H2/t10?,14-/m0/s1. The van der Waals surface area contributed by atoms with Gasteiger partial charge in [0.05, 0.1) is 0 Å². The topological polar surface area (TPSA) is 47.0 Å². The molecule has 110 valence electrons. The largest absolute Gasteiger partial charge is 0.482 e. The van der Waals surface area contributed by atoms with Gasteiger partial charge in [-0.1, -0.05) is 23.2 Å². The lowest BCUT2D eigenvalue weighted by molar-refractivity contribution is 0.135. The maximum Gasteiger partial charge on any atom is 0.169 e. The molecule has 0 saturated carbocycles. The molecule has 0 amide bonds. The molecule has 0 radical (unpaired) electrons. The summed E-state index contributed by atoms with van der Waals surface area (Å²) in [5.41, 5.74) is 0. The molecule has 2 aromatic rings. The van der Waals surface area contributed by atoms with E-state index >= 15 is 0 Å². The smallest absolute Gasteiger partial charge is 0.169 e. The number of ether oxygens (including phenoxy) is 1. The first-order valence-electron chi connectivity index (χ1n) is 6.83. The Balaban J connectivity index is 1.88. The molecule has 0 spiro atoms. The van der Waals surface area contributed by atoms with Crippen LogP contribution in [-0.4, -0.2) is 23.1 Å². The minimum atomic E-state index is -0.212. The summed E-state index contributed by atoms with van der Waals surface area (Å²) in [6, 6.07) is 6.99. The van der Waals surface area contributed by atoms with Crippen molar-refractivity contribution in [3.8, 4) is 5.75 Å². The summed E-state index contributed by atoms with van der Waals surface area (Å²) in [5, 5.41) is 4.44. The van der Waals surface area contributed by atoms with Gasteiger partial charge in [-0.2, -0.15) is 0 Å². The van der Waals surface area contributed by atoms with Gasteiger partial charge >= 0.3 is 0 Å². The van der Waals surface area contributed by atoms with E-state index in [0.717, 1.165) is 19.5 Å². The van der Waals surface area contributed by atoms with Crippen molar-refractivity contribution in [2.24, 2.45) is 5.92 Å². The van der Waals surface area contributed by atoms with E-state index in [9.17, 15) is 0 Å². The van der Waals surface area contributed by atoms with Crippen molar-refractivity contribution < 1.29 is 4.74 Å². The summed E-state index contributed by atoms with van der Waals surface area (Å²) in [6.45, 7) is 1.87. The number of rotatable bonds is 4. The molecule has 6 heteroatoms. The van der Waals surface area contributed by atoms with E-state index in [-0.39, 0.29) is 6.10 Å². The van der Waals surface area contributed by atoms with Crippen LogP contribution in [0.1, 0.15) is 18.3 Å². The first-order chi connectivity index (χ1) is 10.2. The molecule has 3 rings (SSSR count). The average Bonchev–Trinajstić information content (AvgIpc) is 2.98. The lowest BCUT2D eigenvalue weighted by Gasteiger charge is -2.23. The second kappa shape index (κ2) is 6.60. The second-order valence-electron chi connectivity index (χ2n) is 5.00. The maximum absolute atomic E-state index is 6.11. The zero-order valence-electron chi connectivity index (χ0n) is 11.3. The summed E-state index contributed by atoms with van der Waals surface area (Å²) in [5.74, 6) is 1.64. The Morgan fingerprint density at radius 3 is 2.48 bits per heavy atom. The average molecular weight is 324 g/mol. The fourth-order valence-corrected chi connectivity index (χ4v) is 3.00. The summed E-state index contributed by atoms with van der Waals surface area (Å²) >= 11 is 12.1. The number of benzene rings is 1. The lowest BCUT2D eigenvalue weighted by Crippen LogP contribution is -2.23. The van der Waals surface area contributed by atoms with Gasteiger partial charge in [-0.25, -0.2) is 9.97 Å². The first-order valence-corrected chi connectivity index (χ1v) is 7.58. The highest BCUT2D eigenvalue weighted by atomic mass is 35.5. The summed E-state index contributed by atoms with van der Waals surface area (Å²) in [4.78, 5) is 8.67. The third-order valence-electron chi connectivity index (χ3n) is 3.47. The molecule has 1 aromatic heterocycles. The van der Waals surface area contributed by atoms with Gasteiger partial charge < -0.3 is 10.1 Å². The fourth-order valence-electron chi connectivity index (χ4n) is 2.50. The Morgan fingerprint density at radius 1 is 1.14 bits per heavy atom. The molecule has 0 aliphatic carbocycles. The quantitative estimate of drug-likeness (QED) is 0.935. The van der Waals surface area contributed by atoms with Crippen LogP contribution >= 0.6 is 23.2 Å². The molecular weight excluding hydrogens is 309 g/mol. The molecule has 1 fully saturated rings. The van der Waals surface area contributed by atoms with Gasteiger partial charge in [0.25, 0.3) is 0 Å². The van der Waals surface area contributed by atoms with E-state index in [2.05, 4.69) is 15.3 Å². The Hall–Kier alpha value is -1.36. The third-order valence-corrected chi connectivity index (χ3v) is 3.90. The fraction of sp³-hybridized carbons (Fsp3) is 0.333. The Labute approximate surface area is 133 Å². The van der Waals surface area contributed by atoms with Crippen molar-refractivity contribution in [1.82, 2.24) is 15.3 Å². The van der Waals surface area contributed by atoms with Crippen molar-refractivity contribution in [2.45, 2.75) is 12.5 Å². The first kappa shape index (κ1) is 14.6. The third kappa shape index (κ3) is 3.64. The predicted octanol–water partition coefficient (Wildman–Crippen LogP) is 3.51. The van der Waals surface area contributed by atoms with Crippen LogP contribution < -0.4 is 10.1 Å². The SMILES string of the molecule is Clc1cc(Cl)cc(O[C@H](c2ncccn2)C2CCNC2)c1. The van der Waals surface area contributed by atoms with Gasteiger partial charge in [0.1, 0.15) is 5.75 Å². The van der Waals surface area contributed by atoms with Crippen LogP contribution in [0.2, 0.25) is 10.0 Å². The van der Waals surface area contributed by atoms with E-state index in [1.54, 1.807) is 36.7 Å². The zero-order chi connectivity index (χ0) is 14.7. The lowest BCUT2D eigenvalue weighted by atomic mass is 10.0. The van der Waals surface area contributed by atoms with E-state index < -0.39 is 0 Å². The van der Waals surface area contributed by atoms with E-state index in [0.29, 0.717) is 27.5 Å². The minimum Gasteiger partial charge on any atom is -0.482 e. The van der Waals surface area contributed by atoms with Gasteiger partial charge in [0.15, 0.2) is 11.9 Å². The number of aromatic nitrogens is 2. The van der Waals surface area contributed by atoms with Crippen molar-refractivity contribution in [3.05, 3.63) is 52.5 Å². The second-order valence-corrected chi connectivity index (χ2v) is 5.88. The van der Waals surface area contributed by atoms with Crippen LogP contribution in [0.25, 0.3) is 0 Å². The van der Waals surface area contributed by atoms with Crippen molar-refractivity contribution in [1.29, 1.82) is 0 Å². The summed E-state index contributed by atoms with van der Waals surface area (Å²) in [7, 11) is 0. The highest BCUT2D eigenvalue weighted by molar-refractivity contribution is 6.34. The van der Waals surface area contributed by atoms with Crippen LogP contribution in [0.4, 0.5) is 0 Å². The highest BCUT2D eigenvalue weighted by Gasteiger charge is 2.30. The highest BCUT2D eigenvalue weighted by Crippen LogP contribution is 2.32. The molecule has 1 aliphatic heterocycles. The van der Waals surface area contributed by atoms with Crippen molar-refractivity contribution in [2.75, 3.05) is 13.1 Å². The van der Waals surface area contributed by atoms with Crippen molar-refractivity contribution in [3.63, 3.8) is 0 Å². The monoisotopic (exact) mass is 323 g/mol. The number of hydrogen-bond acceptors (Lipinski definition) is 4. The zero-order valence-corrected chi connectivity index (χ0v) is 12.8. The Bertz CT molecular complexity index is 583. The van der Waals surface area contributed by atoms with E-state index in [4.69, 9.17) is 27.9 Å². The molecule has 1 unspecified atom stereocenters. The van der Waals surface area contributed by atoms with Crippen LogP contribution in [0, 0.1) is 5.92 Å². The number of hydrogen-bond donors (Lipinski definition) is 1. The molecule has 1 saturated heterocycles.